The van der Waals surface area contributed by atoms with Gasteiger partial charge < -0.3 is 9.64 Å². The molecule has 0 N–H and O–H groups in total. The van der Waals surface area contributed by atoms with Crippen molar-refractivity contribution in [2.45, 2.75) is 25.4 Å². The molecule has 0 spiro atoms. The number of likely N-dealkylation sites (tertiary alicyclic amines) is 1. The monoisotopic (exact) mass is 324 g/mol. The van der Waals surface area contributed by atoms with Crippen LogP contribution in [0.25, 0.3) is 0 Å². The quantitative estimate of drug-likeness (QED) is 0.849. The average Bonchev–Trinajstić information content (AvgIpc) is 2.63. The molecular formula is C20H24N2O2. The van der Waals surface area contributed by atoms with Crippen LogP contribution in [0.4, 0.5) is 0 Å². The Morgan fingerprint density at radius 1 is 1.21 bits per heavy atom. The molecule has 1 aromatic carbocycles. The Bertz CT molecular complexity index is 645. The third kappa shape index (κ3) is 4.20. The maximum Gasteiger partial charge on any atom is 0.227 e. The van der Waals surface area contributed by atoms with Gasteiger partial charge in [-0.05, 0) is 36.0 Å². The highest BCUT2D eigenvalue weighted by Gasteiger charge is 2.31. The second kappa shape index (κ2) is 8.06. The fourth-order valence-corrected chi connectivity index (χ4v) is 3.40. The van der Waals surface area contributed by atoms with Gasteiger partial charge in [0, 0.05) is 32.6 Å². The largest absolute Gasteiger partial charge is 0.379 e. The van der Waals surface area contributed by atoms with E-state index in [0.717, 1.165) is 24.9 Å². The summed E-state index contributed by atoms with van der Waals surface area (Å²) in [4.78, 5) is 18.5. The van der Waals surface area contributed by atoms with Crippen LogP contribution >= 0.6 is 0 Å². The lowest BCUT2D eigenvalue weighted by Gasteiger charge is -2.38. The lowest BCUT2D eigenvalue weighted by molar-refractivity contribution is -0.135. The first-order valence-electron chi connectivity index (χ1n) is 8.49. The minimum atomic E-state index is 0.0943. The Labute approximate surface area is 143 Å². The molecule has 0 unspecified atom stereocenters. The summed E-state index contributed by atoms with van der Waals surface area (Å²) >= 11 is 0. The van der Waals surface area contributed by atoms with E-state index in [9.17, 15) is 4.79 Å². The third-order valence-electron chi connectivity index (χ3n) is 4.77. The second-order valence-electron chi connectivity index (χ2n) is 6.39. The summed E-state index contributed by atoms with van der Waals surface area (Å²) in [5.41, 5.74) is 2.29. The molecule has 1 amide bonds. The number of nitrogens with zero attached hydrogens (tertiary/aromatic N) is 2. The molecule has 0 bridgehead atoms. The van der Waals surface area contributed by atoms with Gasteiger partial charge in [-0.1, -0.05) is 36.4 Å². The summed E-state index contributed by atoms with van der Waals surface area (Å²) in [5, 5.41) is 0. The molecule has 1 fully saturated rings. The Morgan fingerprint density at radius 2 is 2.00 bits per heavy atom. The number of benzene rings is 1. The molecule has 126 valence electrons. The summed E-state index contributed by atoms with van der Waals surface area (Å²) in [5.74, 6) is 0.614. The highest BCUT2D eigenvalue weighted by molar-refractivity contribution is 5.78. The van der Waals surface area contributed by atoms with Crippen LogP contribution in [0.1, 0.15) is 17.5 Å². The number of amides is 1. The number of aromatic nitrogens is 1. The molecule has 1 saturated heterocycles. The van der Waals surface area contributed by atoms with Gasteiger partial charge in [0.1, 0.15) is 0 Å². The summed E-state index contributed by atoms with van der Waals surface area (Å²) < 4.78 is 5.70. The van der Waals surface area contributed by atoms with Gasteiger partial charge in [0.05, 0.1) is 12.5 Å². The van der Waals surface area contributed by atoms with Crippen molar-refractivity contribution >= 4 is 5.91 Å². The predicted octanol–water partition coefficient (Wildman–Crippen LogP) is 2.73. The van der Waals surface area contributed by atoms with Gasteiger partial charge in [-0.25, -0.2) is 0 Å². The highest BCUT2D eigenvalue weighted by atomic mass is 16.5. The summed E-state index contributed by atoms with van der Waals surface area (Å²) in [7, 11) is 1.75. The standard InChI is InChI=1S/C20H24N2O2/c1-24-19-15-22(20(23)13-17-8-5-10-21-14-17)11-9-18(19)12-16-6-3-2-4-7-16/h2-8,10,14,18-19H,9,11-13,15H2,1H3/t18-,19+/m1/s1. The molecule has 0 aliphatic carbocycles. The van der Waals surface area contributed by atoms with E-state index in [4.69, 9.17) is 4.74 Å². The Hall–Kier alpha value is -2.20. The Balaban J connectivity index is 1.59. The average molecular weight is 324 g/mol. The van der Waals surface area contributed by atoms with Crippen LogP contribution in [0, 0.1) is 5.92 Å². The van der Waals surface area contributed by atoms with Crippen LogP contribution in [0.15, 0.2) is 54.9 Å². The minimum Gasteiger partial charge on any atom is -0.379 e. The number of piperidine rings is 1. The van der Waals surface area contributed by atoms with Gasteiger partial charge in [0.2, 0.25) is 5.91 Å². The molecule has 1 aliphatic rings. The smallest absolute Gasteiger partial charge is 0.227 e. The number of pyridine rings is 1. The van der Waals surface area contributed by atoms with E-state index >= 15 is 0 Å². The molecule has 1 aliphatic heterocycles. The van der Waals surface area contributed by atoms with Gasteiger partial charge in [-0.3, -0.25) is 9.78 Å². The van der Waals surface area contributed by atoms with Crippen molar-refractivity contribution in [2.24, 2.45) is 5.92 Å². The number of hydrogen-bond donors (Lipinski definition) is 0. The molecular weight excluding hydrogens is 300 g/mol. The van der Waals surface area contributed by atoms with Crippen LogP contribution < -0.4 is 0 Å². The summed E-state index contributed by atoms with van der Waals surface area (Å²) in [6.07, 6.45) is 5.97. The molecule has 2 aromatic rings. The molecule has 0 radical (unpaired) electrons. The number of carbonyl (C=O) groups is 1. The maximum absolute atomic E-state index is 12.5. The van der Waals surface area contributed by atoms with E-state index < -0.39 is 0 Å². The minimum absolute atomic E-state index is 0.0943. The van der Waals surface area contributed by atoms with Crippen LogP contribution in [0.5, 0.6) is 0 Å². The zero-order valence-corrected chi connectivity index (χ0v) is 14.1. The number of hydrogen-bond acceptors (Lipinski definition) is 3. The maximum atomic E-state index is 12.5. The Morgan fingerprint density at radius 3 is 2.71 bits per heavy atom. The molecule has 1 aromatic heterocycles. The van der Waals surface area contributed by atoms with E-state index in [-0.39, 0.29) is 12.0 Å². The van der Waals surface area contributed by atoms with Gasteiger partial charge >= 0.3 is 0 Å². The fourth-order valence-electron chi connectivity index (χ4n) is 3.40. The van der Waals surface area contributed by atoms with Gasteiger partial charge in [0.25, 0.3) is 0 Å². The molecule has 4 heteroatoms. The zero-order valence-electron chi connectivity index (χ0n) is 14.1. The van der Waals surface area contributed by atoms with Gasteiger partial charge in [-0.2, -0.15) is 0 Å². The predicted molar refractivity (Wildman–Crippen MR) is 93.6 cm³/mol. The van der Waals surface area contributed by atoms with Gasteiger partial charge in [-0.15, -0.1) is 0 Å². The topological polar surface area (TPSA) is 42.4 Å². The van der Waals surface area contributed by atoms with Gasteiger partial charge in [0.15, 0.2) is 0 Å². The first-order valence-corrected chi connectivity index (χ1v) is 8.49. The SMILES string of the molecule is CO[C@H]1CN(C(=O)Cc2cccnc2)CC[C@@H]1Cc1ccccc1. The third-order valence-corrected chi connectivity index (χ3v) is 4.77. The van der Waals surface area contributed by atoms with Crippen LogP contribution in [-0.2, 0) is 22.4 Å². The molecule has 4 nitrogen and oxygen atoms in total. The summed E-state index contributed by atoms with van der Waals surface area (Å²) in [6.45, 7) is 1.48. The fraction of sp³-hybridized carbons (Fsp3) is 0.400. The first kappa shape index (κ1) is 16.7. The van der Waals surface area contributed by atoms with Crippen LogP contribution in [0.3, 0.4) is 0 Å². The van der Waals surface area contributed by atoms with Crippen molar-refractivity contribution in [3.05, 3.63) is 66.0 Å². The molecule has 0 saturated carbocycles. The molecule has 3 rings (SSSR count). The van der Waals surface area contributed by atoms with Crippen molar-refractivity contribution < 1.29 is 9.53 Å². The lowest BCUT2D eigenvalue weighted by Crippen LogP contribution is -2.48. The van der Waals surface area contributed by atoms with Crippen molar-refractivity contribution in [3.63, 3.8) is 0 Å². The van der Waals surface area contributed by atoms with E-state index in [2.05, 4.69) is 29.2 Å². The Kier molecular flexibility index (Phi) is 5.59. The normalized spacial score (nSPS) is 20.8. The van der Waals surface area contributed by atoms with Crippen molar-refractivity contribution in [2.75, 3.05) is 20.2 Å². The first-order chi connectivity index (χ1) is 11.8. The van der Waals surface area contributed by atoms with E-state index in [1.807, 2.05) is 23.1 Å². The number of carbonyl (C=O) groups excluding carboxylic acids is 1. The zero-order chi connectivity index (χ0) is 16.8. The van der Waals surface area contributed by atoms with Crippen LogP contribution in [0.2, 0.25) is 0 Å². The molecule has 24 heavy (non-hydrogen) atoms. The van der Waals surface area contributed by atoms with Crippen molar-refractivity contribution in [1.82, 2.24) is 9.88 Å². The molecule has 2 heterocycles. The van der Waals surface area contributed by atoms with E-state index in [1.54, 1.807) is 19.5 Å². The number of ether oxygens (including phenoxy) is 1. The second-order valence-corrected chi connectivity index (χ2v) is 6.39. The van der Waals surface area contributed by atoms with E-state index in [0.29, 0.717) is 18.9 Å². The van der Waals surface area contributed by atoms with Crippen LogP contribution in [-0.4, -0.2) is 42.1 Å². The highest BCUT2D eigenvalue weighted by Crippen LogP contribution is 2.24. The number of rotatable bonds is 5. The van der Waals surface area contributed by atoms with Crippen molar-refractivity contribution in [1.29, 1.82) is 0 Å². The van der Waals surface area contributed by atoms with Crippen molar-refractivity contribution in [3.8, 4) is 0 Å². The summed E-state index contributed by atoms with van der Waals surface area (Å²) in [6, 6.07) is 14.3. The van der Waals surface area contributed by atoms with E-state index in [1.165, 1.54) is 5.56 Å². The molecule has 2 atom stereocenters. The number of methoxy groups -OCH3 is 1. The lowest BCUT2D eigenvalue weighted by atomic mass is 9.87.